The molecule has 12 N–H and O–H groups in total. The average molecular weight is 738 g/mol. The molecule has 0 aliphatic carbocycles. The predicted molar refractivity (Wildman–Crippen MR) is 180 cm³/mol. The summed E-state index contributed by atoms with van der Waals surface area (Å²) in [6.07, 6.45) is -3.11. The molecular formula is C32H47N7O13. The van der Waals surface area contributed by atoms with Crippen LogP contribution in [0.3, 0.4) is 0 Å². The maximum Gasteiger partial charge on any atom is 0.322 e. The van der Waals surface area contributed by atoms with Crippen LogP contribution in [-0.2, 0) is 49.6 Å². The Bertz CT molecular complexity index is 1440. The smallest absolute Gasteiger partial charge is 0.322 e. The van der Waals surface area contributed by atoms with Gasteiger partial charge in [-0.05, 0) is 24.8 Å². The van der Waals surface area contributed by atoms with Gasteiger partial charge in [-0.1, -0.05) is 50.6 Å². The van der Waals surface area contributed by atoms with Crippen LogP contribution in [0.15, 0.2) is 30.3 Å². The van der Waals surface area contributed by atoms with E-state index in [1.54, 1.807) is 44.2 Å². The van der Waals surface area contributed by atoms with Crippen LogP contribution < -0.4 is 37.6 Å². The molecule has 1 rings (SSSR count). The fourth-order valence-electron chi connectivity index (χ4n) is 4.48. The number of aliphatic hydroxyl groups excluding tert-OH is 1. The summed E-state index contributed by atoms with van der Waals surface area (Å²) in [4.78, 5) is 112. The van der Waals surface area contributed by atoms with Crippen molar-refractivity contribution in [2.24, 2.45) is 11.7 Å². The van der Waals surface area contributed by atoms with E-state index in [0.717, 1.165) is 0 Å². The second-order valence-electron chi connectivity index (χ2n) is 11.9. The van der Waals surface area contributed by atoms with E-state index in [1.807, 2.05) is 5.32 Å². The van der Waals surface area contributed by atoms with Gasteiger partial charge in [0.2, 0.25) is 35.4 Å². The zero-order valence-electron chi connectivity index (χ0n) is 28.9. The molecule has 0 fully saturated rings. The Balaban J connectivity index is 3.34. The summed E-state index contributed by atoms with van der Waals surface area (Å²) in [7, 11) is 0. The van der Waals surface area contributed by atoms with Gasteiger partial charge >= 0.3 is 17.9 Å². The maximum absolute atomic E-state index is 13.8. The second kappa shape index (κ2) is 22.2. The molecule has 0 heterocycles. The highest BCUT2D eigenvalue weighted by Gasteiger charge is 2.35. The molecule has 1 aromatic carbocycles. The van der Waals surface area contributed by atoms with Gasteiger partial charge in [0.05, 0.1) is 19.1 Å². The van der Waals surface area contributed by atoms with Gasteiger partial charge in [-0.2, -0.15) is 0 Å². The van der Waals surface area contributed by atoms with E-state index < -0.39 is 128 Å². The number of nitrogens with two attached hydrogens (primary N) is 1. The van der Waals surface area contributed by atoms with Gasteiger partial charge in [0.1, 0.15) is 36.8 Å². The third kappa shape index (κ3) is 16.4. The van der Waals surface area contributed by atoms with Crippen LogP contribution in [0.5, 0.6) is 0 Å². The first-order chi connectivity index (χ1) is 24.4. The summed E-state index contributed by atoms with van der Waals surface area (Å²) < 4.78 is 0. The molecule has 288 valence electrons. The first-order valence-corrected chi connectivity index (χ1v) is 16.2. The van der Waals surface area contributed by atoms with Gasteiger partial charge in [-0.3, -0.25) is 43.2 Å². The first-order valence-electron chi connectivity index (χ1n) is 16.2. The Morgan fingerprint density at radius 1 is 0.673 bits per heavy atom. The van der Waals surface area contributed by atoms with Crippen LogP contribution in [0.1, 0.15) is 52.0 Å². The fourth-order valence-corrected chi connectivity index (χ4v) is 4.48. The molecule has 0 saturated carbocycles. The van der Waals surface area contributed by atoms with Gasteiger partial charge in [0, 0.05) is 12.8 Å². The first kappa shape index (κ1) is 44.4. The molecule has 0 unspecified atom stereocenters. The number of aliphatic hydroxyl groups is 1. The molecule has 0 bridgehead atoms. The van der Waals surface area contributed by atoms with E-state index in [4.69, 9.17) is 10.8 Å². The van der Waals surface area contributed by atoms with Gasteiger partial charge < -0.3 is 58.1 Å². The lowest BCUT2D eigenvalue weighted by atomic mass is 9.96. The predicted octanol–water partition coefficient (Wildman–Crippen LogP) is -3.42. The Morgan fingerprint density at radius 3 is 1.79 bits per heavy atom. The van der Waals surface area contributed by atoms with Crippen molar-refractivity contribution in [3.8, 4) is 0 Å². The number of benzene rings is 1. The number of nitrogens with one attached hydrogen (secondary N) is 6. The van der Waals surface area contributed by atoms with Crippen molar-refractivity contribution in [2.75, 3.05) is 13.1 Å². The molecule has 52 heavy (non-hydrogen) atoms. The molecule has 0 aliphatic rings. The zero-order valence-corrected chi connectivity index (χ0v) is 28.9. The van der Waals surface area contributed by atoms with Crippen molar-refractivity contribution in [2.45, 2.75) is 89.2 Å². The largest absolute Gasteiger partial charge is 0.481 e. The molecule has 0 aliphatic heterocycles. The van der Waals surface area contributed by atoms with Crippen LogP contribution in [0, 0.1) is 5.92 Å². The maximum atomic E-state index is 13.8. The van der Waals surface area contributed by atoms with E-state index in [2.05, 4.69) is 26.6 Å². The number of carbonyl (C=O) groups is 9. The zero-order chi connectivity index (χ0) is 39.5. The van der Waals surface area contributed by atoms with Gasteiger partial charge in [-0.25, -0.2) is 0 Å². The molecule has 0 spiro atoms. The van der Waals surface area contributed by atoms with Crippen molar-refractivity contribution in [1.29, 1.82) is 0 Å². The highest BCUT2D eigenvalue weighted by Crippen LogP contribution is 2.12. The molecule has 6 amide bonds. The van der Waals surface area contributed by atoms with Crippen LogP contribution in [-0.4, -0.2) is 123 Å². The fraction of sp³-hybridized carbons (Fsp3) is 0.531. The van der Waals surface area contributed by atoms with E-state index in [1.165, 1.54) is 6.92 Å². The topological polar surface area (TPSA) is 333 Å². The van der Waals surface area contributed by atoms with Crippen molar-refractivity contribution < 1.29 is 63.6 Å². The number of hydrogen-bond donors (Lipinski definition) is 11. The van der Waals surface area contributed by atoms with Crippen LogP contribution in [0.2, 0.25) is 0 Å². The van der Waals surface area contributed by atoms with Crippen LogP contribution >= 0.6 is 0 Å². The van der Waals surface area contributed by atoms with Crippen molar-refractivity contribution in [3.05, 3.63) is 35.9 Å². The third-order valence-electron chi connectivity index (χ3n) is 7.68. The Hall–Kier alpha value is -5.63. The van der Waals surface area contributed by atoms with Gasteiger partial charge in [0.15, 0.2) is 0 Å². The molecular weight excluding hydrogens is 690 g/mol. The number of carbonyl (C=O) groups excluding carboxylic acids is 6. The average Bonchev–Trinajstić information content (AvgIpc) is 3.08. The minimum Gasteiger partial charge on any atom is -0.481 e. The Morgan fingerprint density at radius 2 is 1.25 bits per heavy atom. The van der Waals surface area contributed by atoms with E-state index >= 15 is 0 Å². The summed E-state index contributed by atoms with van der Waals surface area (Å²) in [5, 5.41) is 50.6. The molecule has 20 nitrogen and oxygen atoms in total. The van der Waals surface area contributed by atoms with Crippen molar-refractivity contribution in [1.82, 2.24) is 31.9 Å². The summed E-state index contributed by atoms with van der Waals surface area (Å²) in [5.41, 5.74) is 6.16. The van der Waals surface area contributed by atoms with E-state index in [0.29, 0.717) is 12.0 Å². The number of amides is 6. The number of carboxylic acids is 3. The number of hydrogen-bond acceptors (Lipinski definition) is 11. The van der Waals surface area contributed by atoms with E-state index in [-0.39, 0.29) is 6.42 Å². The quantitative estimate of drug-likeness (QED) is 0.0521. The SMILES string of the molecule is CC[C@H](C)[C@H](NC(=O)[C@H](CC(=O)O)NC(=O)[C@@H](N)[C@@H](C)O)C(=O)N[C@@H](Cc1ccccc1)C(=O)N[C@@H](CCC(=O)O)C(=O)NCC(=O)NCC(=O)O. The minimum absolute atomic E-state index is 0.153. The Kier molecular flexibility index (Phi) is 19.0. The number of rotatable bonds is 23. The van der Waals surface area contributed by atoms with Crippen molar-refractivity contribution in [3.63, 3.8) is 0 Å². The summed E-state index contributed by atoms with van der Waals surface area (Å²) in [5.74, 6) is -10.5. The standard InChI is InChI=1S/C32H47N7O13/c1-4-16(2)27(39-30(50)21(13-24(44)45)37-31(51)26(33)17(3)40)32(52)38-20(12-18-8-6-5-7-9-18)29(49)36-19(10-11-23(42)43)28(48)35-14-22(41)34-15-25(46)47/h5-9,16-17,19-21,26-27,40H,4,10-15,33H2,1-3H3,(H,34,41)(H,35,48)(H,36,49)(H,37,51)(H,38,52)(H,39,50)(H,42,43)(H,44,45)(H,46,47)/t16-,17+,19-,20-,21-,26-,27-/m0/s1. The minimum atomic E-state index is -1.71. The normalized spacial score (nSPS) is 14.8. The summed E-state index contributed by atoms with van der Waals surface area (Å²) >= 11 is 0. The lowest BCUT2D eigenvalue weighted by molar-refractivity contribution is -0.141. The molecule has 1 aromatic rings. The van der Waals surface area contributed by atoms with Crippen molar-refractivity contribution >= 4 is 53.4 Å². The molecule has 0 saturated heterocycles. The van der Waals surface area contributed by atoms with Crippen LogP contribution in [0.25, 0.3) is 0 Å². The number of carboxylic acid groups (broad SMARTS) is 3. The van der Waals surface area contributed by atoms with Gasteiger partial charge in [-0.15, -0.1) is 0 Å². The second-order valence-corrected chi connectivity index (χ2v) is 11.9. The summed E-state index contributed by atoms with van der Waals surface area (Å²) in [6, 6.07) is 0.746. The summed E-state index contributed by atoms with van der Waals surface area (Å²) in [6.45, 7) is 3.08. The molecule has 0 aromatic heterocycles. The van der Waals surface area contributed by atoms with Crippen LogP contribution in [0.4, 0.5) is 0 Å². The monoisotopic (exact) mass is 737 g/mol. The lowest BCUT2D eigenvalue weighted by Gasteiger charge is -2.29. The van der Waals surface area contributed by atoms with E-state index in [9.17, 15) is 58.5 Å². The molecule has 0 radical (unpaired) electrons. The number of aliphatic carboxylic acids is 3. The highest BCUT2D eigenvalue weighted by molar-refractivity contribution is 5.97. The Labute approximate surface area is 298 Å². The highest BCUT2D eigenvalue weighted by atomic mass is 16.4. The molecule has 20 heteroatoms. The third-order valence-corrected chi connectivity index (χ3v) is 7.68. The van der Waals surface area contributed by atoms with Gasteiger partial charge in [0.25, 0.3) is 0 Å². The lowest BCUT2D eigenvalue weighted by Crippen LogP contribution is -2.61. The molecule has 7 atom stereocenters.